The maximum atomic E-state index is 11.0. The Labute approximate surface area is 102 Å². The molecule has 0 atom stereocenters. The number of aromatic nitrogens is 2. The molecule has 17 heavy (non-hydrogen) atoms. The minimum Gasteiger partial charge on any atom is -0.476 e. The molecule has 0 aliphatic carbocycles. The van der Waals surface area contributed by atoms with Gasteiger partial charge in [-0.05, 0) is 25.5 Å². The maximum absolute atomic E-state index is 11.0. The van der Waals surface area contributed by atoms with Crippen LogP contribution in [0.4, 0.5) is 10.7 Å². The van der Waals surface area contributed by atoms with Crippen molar-refractivity contribution in [2.75, 3.05) is 5.32 Å². The lowest BCUT2D eigenvalue weighted by molar-refractivity contribution is 0.0692. The Morgan fingerprint density at radius 2 is 2.18 bits per heavy atom. The number of rotatable bonds is 3. The van der Waals surface area contributed by atoms with Crippen LogP contribution in [-0.2, 0) is 0 Å². The molecule has 0 radical (unpaired) electrons. The monoisotopic (exact) mass is 249 g/mol. The number of nitrogens with one attached hydrogen (secondary N) is 1. The van der Waals surface area contributed by atoms with Gasteiger partial charge in [0.25, 0.3) is 0 Å². The van der Waals surface area contributed by atoms with Crippen LogP contribution in [0.2, 0.25) is 0 Å². The van der Waals surface area contributed by atoms with Gasteiger partial charge in [-0.3, -0.25) is 4.98 Å². The number of nitrogens with zero attached hydrogens (tertiary/aromatic N) is 2. The molecule has 2 N–H and O–H groups in total. The van der Waals surface area contributed by atoms with Crippen LogP contribution in [0.3, 0.4) is 0 Å². The van der Waals surface area contributed by atoms with E-state index in [1.807, 2.05) is 13.0 Å². The Balaban J connectivity index is 2.32. The van der Waals surface area contributed by atoms with E-state index in [2.05, 4.69) is 15.3 Å². The standard InChI is InChI=1S/C11H11N3O2S/c1-6-3-8(5-12-4-6)14-10-9(11(15)16)13-7(2)17-10/h3-5,14H,1-2H3,(H,15,16). The van der Waals surface area contributed by atoms with E-state index in [0.717, 1.165) is 11.3 Å². The summed E-state index contributed by atoms with van der Waals surface area (Å²) in [6, 6.07) is 1.90. The third-order valence-electron chi connectivity index (χ3n) is 2.07. The lowest BCUT2D eigenvalue weighted by Crippen LogP contribution is -2.01. The van der Waals surface area contributed by atoms with Gasteiger partial charge < -0.3 is 10.4 Å². The molecular weight excluding hydrogens is 238 g/mol. The summed E-state index contributed by atoms with van der Waals surface area (Å²) >= 11 is 1.31. The van der Waals surface area contributed by atoms with E-state index < -0.39 is 5.97 Å². The first-order valence-electron chi connectivity index (χ1n) is 4.95. The van der Waals surface area contributed by atoms with Gasteiger partial charge in [0.15, 0.2) is 5.69 Å². The Kier molecular flexibility index (Phi) is 3.06. The van der Waals surface area contributed by atoms with E-state index in [1.165, 1.54) is 11.3 Å². The topological polar surface area (TPSA) is 75.1 Å². The van der Waals surface area contributed by atoms with Crippen LogP contribution in [0.25, 0.3) is 0 Å². The minimum atomic E-state index is -1.03. The van der Waals surface area contributed by atoms with Crippen molar-refractivity contribution >= 4 is 28.0 Å². The first-order valence-corrected chi connectivity index (χ1v) is 5.77. The van der Waals surface area contributed by atoms with Gasteiger partial charge in [-0.2, -0.15) is 0 Å². The number of carboxylic acid groups (broad SMARTS) is 1. The molecule has 0 unspecified atom stereocenters. The molecule has 2 rings (SSSR count). The van der Waals surface area contributed by atoms with Gasteiger partial charge in [-0.15, -0.1) is 11.3 Å². The fourth-order valence-corrected chi connectivity index (χ4v) is 2.24. The number of carbonyl (C=O) groups is 1. The second kappa shape index (κ2) is 4.50. The van der Waals surface area contributed by atoms with Gasteiger partial charge in [0.05, 0.1) is 16.9 Å². The van der Waals surface area contributed by atoms with Crippen LogP contribution in [-0.4, -0.2) is 21.0 Å². The van der Waals surface area contributed by atoms with Crippen molar-refractivity contribution in [2.24, 2.45) is 0 Å². The van der Waals surface area contributed by atoms with Crippen molar-refractivity contribution in [3.05, 3.63) is 34.7 Å². The SMILES string of the molecule is Cc1cncc(Nc2sc(C)nc2C(=O)O)c1. The van der Waals surface area contributed by atoms with Crippen molar-refractivity contribution in [3.63, 3.8) is 0 Å². The van der Waals surface area contributed by atoms with Crippen molar-refractivity contribution in [2.45, 2.75) is 13.8 Å². The Morgan fingerprint density at radius 3 is 2.82 bits per heavy atom. The molecule has 6 heteroatoms. The number of anilines is 2. The zero-order valence-corrected chi connectivity index (χ0v) is 10.2. The summed E-state index contributed by atoms with van der Waals surface area (Å²) in [7, 11) is 0. The molecule has 0 fully saturated rings. The Morgan fingerprint density at radius 1 is 1.41 bits per heavy atom. The van der Waals surface area contributed by atoms with Crippen molar-refractivity contribution in [3.8, 4) is 0 Å². The van der Waals surface area contributed by atoms with Gasteiger partial charge in [0.1, 0.15) is 5.00 Å². The van der Waals surface area contributed by atoms with Crippen LogP contribution in [0.15, 0.2) is 18.5 Å². The van der Waals surface area contributed by atoms with E-state index in [4.69, 9.17) is 5.11 Å². The number of aryl methyl sites for hydroxylation is 2. The average molecular weight is 249 g/mol. The van der Waals surface area contributed by atoms with E-state index in [-0.39, 0.29) is 5.69 Å². The van der Waals surface area contributed by atoms with Gasteiger partial charge in [0, 0.05) is 6.20 Å². The number of thiazole rings is 1. The second-order valence-corrected chi connectivity index (χ2v) is 4.79. The molecule has 2 aromatic heterocycles. The predicted molar refractivity (Wildman–Crippen MR) is 66.1 cm³/mol. The molecule has 0 aromatic carbocycles. The lowest BCUT2D eigenvalue weighted by atomic mass is 10.3. The zero-order valence-electron chi connectivity index (χ0n) is 9.39. The van der Waals surface area contributed by atoms with Crippen molar-refractivity contribution in [1.82, 2.24) is 9.97 Å². The fraction of sp³-hybridized carbons (Fsp3) is 0.182. The molecular formula is C11H11N3O2S. The molecule has 0 amide bonds. The van der Waals surface area contributed by atoms with Crippen LogP contribution in [0.1, 0.15) is 21.1 Å². The molecule has 0 spiro atoms. The van der Waals surface area contributed by atoms with Gasteiger partial charge in [-0.25, -0.2) is 9.78 Å². The molecule has 0 saturated carbocycles. The molecule has 2 aromatic rings. The van der Waals surface area contributed by atoms with Gasteiger partial charge >= 0.3 is 5.97 Å². The number of hydrogen-bond donors (Lipinski definition) is 2. The van der Waals surface area contributed by atoms with E-state index in [9.17, 15) is 4.79 Å². The highest BCUT2D eigenvalue weighted by atomic mass is 32.1. The smallest absolute Gasteiger partial charge is 0.357 e. The van der Waals surface area contributed by atoms with Gasteiger partial charge in [0.2, 0.25) is 0 Å². The van der Waals surface area contributed by atoms with E-state index >= 15 is 0 Å². The highest BCUT2D eigenvalue weighted by molar-refractivity contribution is 7.16. The summed E-state index contributed by atoms with van der Waals surface area (Å²) in [5.74, 6) is -1.03. The highest BCUT2D eigenvalue weighted by Gasteiger charge is 2.15. The van der Waals surface area contributed by atoms with Gasteiger partial charge in [-0.1, -0.05) is 0 Å². The Bertz CT molecular complexity index is 566. The molecule has 0 saturated heterocycles. The van der Waals surface area contributed by atoms with E-state index in [0.29, 0.717) is 10.0 Å². The summed E-state index contributed by atoms with van der Waals surface area (Å²) < 4.78 is 0. The summed E-state index contributed by atoms with van der Waals surface area (Å²) in [5.41, 5.74) is 1.82. The largest absolute Gasteiger partial charge is 0.476 e. The first kappa shape index (κ1) is 11.5. The fourth-order valence-electron chi connectivity index (χ4n) is 1.41. The predicted octanol–water partition coefficient (Wildman–Crippen LogP) is 2.60. The molecule has 0 aliphatic heterocycles. The van der Waals surface area contributed by atoms with Crippen molar-refractivity contribution < 1.29 is 9.90 Å². The Hall–Kier alpha value is -1.95. The molecule has 0 bridgehead atoms. The maximum Gasteiger partial charge on any atom is 0.357 e. The molecule has 2 heterocycles. The highest BCUT2D eigenvalue weighted by Crippen LogP contribution is 2.27. The summed E-state index contributed by atoms with van der Waals surface area (Å²) in [5, 5.41) is 13.3. The van der Waals surface area contributed by atoms with Crippen LogP contribution in [0.5, 0.6) is 0 Å². The summed E-state index contributed by atoms with van der Waals surface area (Å²) in [6.07, 6.45) is 3.38. The normalized spacial score (nSPS) is 10.2. The molecule has 88 valence electrons. The second-order valence-electron chi connectivity index (χ2n) is 3.59. The third-order valence-corrected chi connectivity index (χ3v) is 2.96. The van der Waals surface area contributed by atoms with E-state index in [1.54, 1.807) is 19.3 Å². The quantitative estimate of drug-likeness (QED) is 0.874. The minimum absolute atomic E-state index is 0.0500. The number of carboxylic acids is 1. The van der Waals surface area contributed by atoms with Crippen LogP contribution >= 0.6 is 11.3 Å². The number of pyridine rings is 1. The summed E-state index contributed by atoms with van der Waals surface area (Å²) in [4.78, 5) is 19.0. The number of aromatic carboxylic acids is 1. The summed E-state index contributed by atoms with van der Waals surface area (Å²) in [6.45, 7) is 3.70. The van der Waals surface area contributed by atoms with Crippen LogP contribution < -0.4 is 5.32 Å². The average Bonchev–Trinajstić information content (AvgIpc) is 2.59. The lowest BCUT2D eigenvalue weighted by Gasteiger charge is -2.04. The first-order chi connectivity index (χ1) is 8.06. The number of hydrogen-bond acceptors (Lipinski definition) is 5. The molecule has 0 aliphatic rings. The molecule has 5 nitrogen and oxygen atoms in total. The third kappa shape index (κ3) is 2.59. The van der Waals surface area contributed by atoms with Crippen molar-refractivity contribution in [1.29, 1.82) is 0 Å². The zero-order chi connectivity index (χ0) is 12.4. The van der Waals surface area contributed by atoms with Crippen LogP contribution in [0, 0.1) is 13.8 Å².